The summed E-state index contributed by atoms with van der Waals surface area (Å²) < 4.78 is 1.25. The first kappa shape index (κ1) is 19.3. The Morgan fingerprint density at radius 1 is 1.00 bits per heavy atom. The number of anilines is 1. The van der Waals surface area contributed by atoms with Crippen LogP contribution in [0, 0.1) is 6.92 Å². The second-order valence-corrected chi connectivity index (χ2v) is 8.18. The monoisotopic (exact) mass is 417 g/mol. The SMILES string of the molecule is Cc1nn(CC(=O)N2CCC3(CC2)NC(=O)c2ccccc2N3)c(=O)c2ccccc12. The van der Waals surface area contributed by atoms with E-state index in [0.717, 1.165) is 11.1 Å². The fourth-order valence-electron chi connectivity index (χ4n) is 4.49. The molecule has 2 aliphatic rings. The number of hydrogen-bond acceptors (Lipinski definition) is 5. The number of carbonyl (C=O) groups excluding carboxylic acids is 2. The molecule has 2 N–H and O–H groups in total. The summed E-state index contributed by atoms with van der Waals surface area (Å²) in [5.74, 6) is -0.252. The number of likely N-dealkylation sites (tertiary alicyclic amines) is 1. The van der Waals surface area contributed by atoms with Gasteiger partial charge in [0.1, 0.15) is 12.2 Å². The number of hydrogen-bond donors (Lipinski definition) is 2. The predicted octanol–water partition coefficient (Wildman–Crippen LogP) is 1.88. The molecule has 0 saturated carbocycles. The molecule has 0 radical (unpaired) electrons. The van der Waals surface area contributed by atoms with E-state index >= 15 is 0 Å². The first-order valence-corrected chi connectivity index (χ1v) is 10.4. The second-order valence-electron chi connectivity index (χ2n) is 8.18. The van der Waals surface area contributed by atoms with E-state index in [-0.39, 0.29) is 23.9 Å². The standard InChI is InChI=1S/C23H23N5O3/c1-15-16-6-2-3-7-17(16)22(31)28(26-15)14-20(29)27-12-10-23(11-13-27)24-19-9-5-4-8-18(19)21(30)25-23/h2-9,24H,10-14H2,1H3,(H,25,30). The number of piperidine rings is 1. The quantitative estimate of drug-likeness (QED) is 0.664. The molecule has 31 heavy (non-hydrogen) atoms. The van der Waals surface area contributed by atoms with Crippen molar-refractivity contribution in [2.75, 3.05) is 18.4 Å². The van der Waals surface area contributed by atoms with Crippen LogP contribution in [0.1, 0.15) is 28.9 Å². The third-order valence-corrected chi connectivity index (χ3v) is 6.21. The number of amides is 2. The zero-order valence-electron chi connectivity index (χ0n) is 17.2. The number of carbonyl (C=O) groups is 2. The number of fused-ring (bicyclic) bond motifs is 2. The highest BCUT2D eigenvalue weighted by Crippen LogP contribution is 2.31. The first-order valence-electron chi connectivity index (χ1n) is 10.4. The van der Waals surface area contributed by atoms with E-state index in [0.29, 0.717) is 42.6 Å². The minimum Gasteiger partial charge on any atom is -0.362 e. The van der Waals surface area contributed by atoms with Crippen LogP contribution in [0.3, 0.4) is 0 Å². The van der Waals surface area contributed by atoms with Crippen LogP contribution >= 0.6 is 0 Å². The van der Waals surface area contributed by atoms with Gasteiger partial charge in [0.25, 0.3) is 11.5 Å². The summed E-state index contributed by atoms with van der Waals surface area (Å²) in [6.45, 7) is 2.70. The summed E-state index contributed by atoms with van der Waals surface area (Å²) in [6.07, 6.45) is 1.16. The number of aryl methyl sites for hydroxylation is 1. The number of para-hydroxylation sites is 1. The van der Waals surface area contributed by atoms with E-state index < -0.39 is 5.66 Å². The van der Waals surface area contributed by atoms with Gasteiger partial charge in [0.15, 0.2) is 0 Å². The van der Waals surface area contributed by atoms with Crippen molar-refractivity contribution in [3.63, 3.8) is 0 Å². The highest BCUT2D eigenvalue weighted by Gasteiger charge is 2.40. The lowest BCUT2D eigenvalue weighted by atomic mass is 9.92. The summed E-state index contributed by atoms with van der Waals surface area (Å²) in [4.78, 5) is 39.9. The molecule has 158 valence electrons. The van der Waals surface area contributed by atoms with Gasteiger partial charge in [-0.05, 0) is 25.1 Å². The van der Waals surface area contributed by atoms with E-state index in [4.69, 9.17) is 0 Å². The molecule has 0 unspecified atom stereocenters. The van der Waals surface area contributed by atoms with Gasteiger partial charge in [-0.1, -0.05) is 30.3 Å². The third-order valence-electron chi connectivity index (χ3n) is 6.21. The van der Waals surface area contributed by atoms with Crippen LogP contribution in [-0.2, 0) is 11.3 Å². The van der Waals surface area contributed by atoms with Gasteiger partial charge >= 0.3 is 0 Å². The smallest absolute Gasteiger partial charge is 0.275 e. The van der Waals surface area contributed by atoms with Crippen molar-refractivity contribution >= 4 is 28.3 Å². The van der Waals surface area contributed by atoms with Crippen LogP contribution in [0.2, 0.25) is 0 Å². The zero-order valence-corrected chi connectivity index (χ0v) is 17.2. The summed E-state index contributed by atoms with van der Waals surface area (Å²) in [7, 11) is 0. The maximum Gasteiger partial charge on any atom is 0.275 e. The summed E-state index contributed by atoms with van der Waals surface area (Å²) in [5, 5.41) is 12.2. The van der Waals surface area contributed by atoms with Crippen molar-refractivity contribution < 1.29 is 9.59 Å². The molecule has 8 nitrogen and oxygen atoms in total. The van der Waals surface area contributed by atoms with Crippen LogP contribution in [0.15, 0.2) is 53.3 Å². The Bertz CT molecular complexity index is 1260. The average Bonchev–Trinajstić information content (AvgIpc) is 2.78. The molecular formula is C23H23N5O3. The molecule has 5 rings (SSSR count). The van der Waals surface area contributed by atoms with Gasteiger partial charge in [0, 0.05) is 37.0 Å². The number of rotatable bonds is 2. The van der Waals surface area contributed by atoms with E-state index in [1.54, 1.807) is 17.0 Å². The fraction of sp³-hybridized carbons (Fsp3) is 0.304. The Labute approximate surface area is 178 Å². The predicted molar refractivity (Wildman–Crippen MR) is 117 cm³/mol. The third kappa shape index (κ3) is 3.34. The van der Waals surface area contributed by atoms with Crippen LogP contribution in [0.5, 0.6) is 0 Å². The molecule has 0 atom stereocenters. The molecule has 0 aliphatic carbocycles. The molecule has 2 amide bonds. The highest BCUT2D eigenvalue weighted by atomic mass is 16.2. The normalized spacial score (nSPS) is 17.2. The maximum atomic E-state index is 12.9. The van der Waals surface area contributed by atoms with Gasteiger partial charge in [-0.2, -0.15) is 5.10 Å². The number of nitrogens with zero attached hydrogens (tertiary/aromatic N) is 3. The van der Waals surface area contributed by atoms with Gasteiger partial charge in [-0.15, -0.1) is 0 Å². The van der Waals surface area contributed by atoms with E-state index in [9.17, 15) is 14.4 Å². The van der Waals surface area contributed by atoms with Crippen molar-refractivity contribution in [2.45, 2.75) is 32.0 Å². The lowest BCUT2D eigenvalue weighted by molar-refractivity contribution is -0.133. The van der Waals surface area contributed by atoms with Crippen molar-refractivity contribution in [1.82, 2.24) is 20.0 Å². The van der Waals surface area contributed by atoms with Gasteiger partial charge in [0.05, 0.1) is 16.6 Å². The van der Waals surface area contributed by atoms with Crippen LogP contribution in [-0.4, -0.2) is 45.2 Å². The van der Waals surface area contributed by atoms with Crippen molar-refractivity contribution in [3.05, 3.63) is 70.1 Å². The van der Waals surface area contributed by atoms with Gasteiger partial charge in [-0.25, -0.2) is 4.68 Å². The first-order chi connectivity index (χ1) is 15.0. The average molecular weight is 417 g/mol. The maximum absolute atomic E-state index is 12.9. The fourth-order valence-corrected chi connectivity index (χ4v) is 4.49. The van der Waals surface area contributed by atoms with Gasteiger partial charge in [0.2, 0.25) is 5.91 Å². The van der Waals surface area contributed by atoms with Crippen molar-refractivity contribution in [2.24, 2.45) is 0 Å². The number of aromatic nitrogens is 2. The highest BCUT2D eigenvalue weighted by molar-refractivity contribution is 6.02. The van der Waals surface area contributed by atoms with Crippen molar-refractivity contribution in [3.8, 4) is 0 Å². The van der Waals surface area contributed by atoms with Crippen LogP contribution in [0.4, 0.5) is 5.69 Å². The number of nitrogens with one attached hydrogen (secondary N) is 2. The minimum absolute atomic E-state index is 0.0971. The Morgan fingerprint density at radius 3 is 2.45 bits per heavy atom. The van der Waals surface area contributed by atoms with Gasteiger partial charge in [-0.3, -0.25) is 14.4 Å². The summed E-state index contributed by atoms with van der Waals surface area (Å²) >= 11 is 0. The van der Waals surface area contributed by atoms with Gasteiger partial charge < -0.3 is 15.5 Å². The molecule has 2 aromatic carbocycles. The molecule has 1 spiro atoms. The van der Waals surface area contributed by atoms with E-state index in [2.05, 4.69) is 15.7 Å². The van der Waals surface area contributed by atoms with Crippen LogP contribution < -0.4 is 16.2 Å². The van der Waals surface area contributed by atoms with E-state index in [1.807, 2.05) is 43.3 Å². The molecule has 3 aromatic rings. The Balaban J connectivity index is 1.30. The topological polar surface area (TPSA) is 96.3 Å². The molecule has 1 saturated heterocycles. The summed E-state index contributed by atoms with van der Waals surface area (Å²) in [5.41, 5.74) is 1.34. The molecule has 3 heterocycles. The molecule has 1 aromatic heterocycles. The Morgan fingerprint density at radius 2 is 1.68 bits per heavy atom. The Kier molecular flexibility index (Phi) is 4.50. The largest absolute Gasteiger partial charge is 0.362 e. The minimum atomic E-state index is -0.559. The lowest BCUT2D eigenvalue weighted by Gasteiger charge is -2.45. The molecule has 2 aliphatic heterocycles. The zero-order chi connectivity index (χ0) is 21.6. The second kappa shape index (κ2) is 7.23. The molecule has 8 heteroatoms. The van der Waals surface area contributed by atoms with E-state index in [1.165, 1.54) is 4.68 Å². The summed E-state index contributed by atoms with van der Waals surface area (Å²) in [6, 6.07) is 14.7. The molecule has 1 fully saturated rings. The lowest BCUT2D eigenvalue weighted by Crippen LogP contribution is -2.63. The Hall–Kier alpha value is -3.68. The molecular weight excluding hydrogens is 394 g/mol. The number of benzene rings is 2. The van der Waals surface area contributed by atoms with Crippen molar-refractivity contribution in [1.29, 1.82) is 0 Å². The molecule has 0 bridgehead atoms. The van der Waals surface area contributed by atoms with Crippen LogP contribution in [0.25, 0.3) is 10.8 Å².